The van der Waals surface area contributed by atoms with Gasteiger partial charge in [0.15, 0.2) is 6.61 Å². The van der Waals surface area contributed by atoms with Gasteiger partial charge in [-0.3, -0.25) is 4.79 Å². The van der Waals surface area contributed by atoms with Crippen molar-refractivity contribution in [3.05, 3.63) is 21.4 Å². The second-order valence-corrected chi connectivity index (χ2v) is 7.31. The van der Waals surface area contributed by atoms with Crippen LogP contribution in [0, 0.1) is 12.8 Å². The van der Waals surface area contributed by atoms with Crippen LogP contribution >= 0.6 is 11.3 Å². The fourth-order valence-electron chi connectivity index (χ4n) is 2.95. The Kier molecular flexibility index (Phi) is 6.00. The Labute approximate surface area is 136 Å². The number of esters is 1. The number of amides is 1. The third-order valence-electron chi connectivity index (χ3n) is 4.39. The van der Waals surface area contributed by atoms with Crippen LogP contribution in [0.25, 0.3) is 0 Å². The SMILES string of the molecule is CCc1cc(C(=O)OCC(=O)N[C@H]2CCCC[C@H]2C)sc1C. The Morgan fingerprint density at radius 1 is 1.36 bits per heavy atom. The normalized spacial score (nSPS) is 21.4. The predicted octanol–water partition coefficient (Wildman–Crippen LogP) is 3.47. The summed E-state index contributed by atoms with van der Waals surface area (Å²) in [7, 11) is 0. The van der Waals surface area contributed by atoms with E-state index in [1.54, 1.807) is 0 Å². The van der Waals surface area contributed by atoms with E-state index in [9.17, 15) is 9.59 Å². The summed E-state index contributed by atoms with van der Waals surface area (Å²) in [4.78, 5) is 25.6. The van der Waals surface area contributed by atoms with Gasteiger partial charge in [0, 0.05) is 10.9 Å². The summed E-state index contributed by atoms with van der Waals surface area (Å²) in [6.07, 6.45) is 5.46. The minimum absolute atomic E-state index is 0.194. The van der Waals surface area contributed by atoms with Crippen molar-refractivity contribution in [3.8, 4) is 0 Å². The van der Waals surface area contributed by atoms with Crippen LogP contribution in [0.3, 0.4) is 0 Å². The molecule has 1 amide bonds. The molecule has 0 spiro atoms. The maximum Gasteiger partial charge on any atom is 0.348 e. The molecule has 0 radical (unpaired) electrons. The van der Waals surface area contributed by atoms with Crippen LogP contribution in [0.2, 0.25) is 0 Å². The largest absolute Gasteiger partial charge is 0.451 e. The molecule has 1 saturated carbocycles. The van der Waals surface area contributed by atoms with E-state index in [1.165, 1.54) is 17.8 Å². The summed E-state index contributed by atoms with van der Waals surface area (Å²) in [5, 5.41) is 2.99. The lowest BCUT2D eigenvalue weighted by Crippen LogP contribution is -2.42. The Morgan fingerprint density at radius 2 is 2.09 bits per heavy atom. The Balaban J connectivity index is 1.81. The van der Waals surface area contributed by atoms with Crippen LogP contribution in [0.15, 0.2) is 6.07 Å². The third-order valence-corrected chi connectivity index (χ3v) is 5.47. The van der Waals surface area contributed by atoms with Crippen LogP contribution in [0.5, 0.6) is 0 Å². The van der Waals surface area contributed by atoms with Gasteiger partial charge in [-0.2, -0.15) is 0 Å². The Hall–Kier alpha value is -1.36. The second-order valence-electron chi connectivity index (χ2n) is 6.06. The molecule has 5 heteroatoms. The minimum atomic E-state index is -0.403. The first-order valence-electron chi connectivity index (χ1n) is 8.07. The highest BCUT2D eigenvalue weighted by Crippen LogP contribution is 2.24. The van der Waals surface area contributed by atoms with Gasteiger partial charge >= 0.3 is 5.97 Å². The van der Waals surface area contributed by atoms with Gasteiger partial charge in [-0.15, -0.1) is 11.3 Å². The predicted molar refractivity (Wildman–Crippen MR) is 88.3 cm³/mol. The molecule has 0 aliphatic heterocycles. The van der Waals surface area contributed by atoms with E-state index in [1.807, 2.05) is 13.0 Å². The lowest BCUT2D eigenvalue weighted by Gasteiger charge is -2.29. The first-order chi connectivity index (χ1) is 10.5. The molecule has 1 aromatic rings. The zero-order valence-electron chi connectivity index (χ0n) is 13.6. The average Bonchev–Trinajstić information content (AvgIpc) is 2.88. The van der Waals surface area contributed by atoms with Gasteiger partial charge in [0.1, 0.15) is 4.88 Å². The number of aryl methyl sites for hydroxylation is 2. The maximum absolute atomic E-state index is 12.0. The molecule has 22 heavy (non-hydrogen) atoms. The molecule has 0 bridgehead atoms. The number of rotatable bonds is 5. The molecule has 0 aromatic carbocycles. The van der Waals surface area contributed by atoms with E-state index < -0.39 is 5.97 Å². The molecule has 1 N–H and O–H groups in total. The molecule has 1 aliphatic rings. The average molecular weight is 323 g/mol. The second kappa shape index (κ2) is 7.77. The highest BCUT2D eigenvalue weighted by Gasteiger charge is 2.23. The standard InChI is InChI=1S/C17H25NO3S/c1-4-13-9-15(22-12(13)3)17(20)21-10-16(19)18-14-8-6-5-7-11(14)2/h9,11,14H,4-8,10H2,1-3H3,(H,18,19)/t11-,14+/m1/s1. The molecule has 0 unspecified atom stereocenters. The number of thiophene rings is 1. The molecule has 2 rings (SSSR count). The summed E-state index contributed by atoms with van der Waals surface area (Å²) in [6.45, 7) is 6.03. The Morgan fingerprint density at radius 3 is 2.73 bits per heavy atom. The highest BCUT2D eigenvalue weighted by atomic mass is 32.1. The maximum atomic E-state index is 12.0. The zero-order valence-corrected chi connectivity index (χ0v) is 14.4. The number of hydrogen-bond acceptors (Lipinski definition) is 4. The van der Waals surface area contributed by atoms with Crippen molar-refractivity contribution in [1.82, 2.24) is 5.32 Å². The van der Waals surface area contributed by atoms with Crippen molar-refractivity contribution in [2.45, 2.75) is 58.9 Å². The molecule has 4 nitrogen and oxygen atoms in total. The van der Waals surface area contributed by atoms with E-state index in [0.29, 0.717) is 10.8 Å². The molecule has 1 heterocycles. The fourth-order valence-corrected chi connectivity index (χ4v) is 3.96. The zero-order chi connectivity index (χ0) is 16.1. The van der Waals surface area contributed by atoms with E-state index in [4.69, 9.17) is 4.74 Å². The lowest BCUT2D eigenvalue weighted by atomic mass is 9.86. The van der Waals surface area contributed by atoms with E-state index in [2.05, 4.69) is 19.2 Å². The smallest absolute Gasteiger partial charge is 0.348 e. The number of hydrogen-bond donors (Lipinski definition) is 1. The van der Waals surface area contributed by atoms with Crippen molar-refractivity contribution in [2.75, 3.05) is 6.61 Å². The van der Waals surface area contributed by atoms with Crippen molar-refractivity contribution in [1.29, 1.82) is 0 Å². The monoisotopic (exact) mass is 323 g/mol. The number of ether oxygens (including phenoxy) is 1. The topological polar surface area (TPSA) is 55.4 Å². The van der Waals surface area contributed by atoms with Crippen LogP contribution in [-0.4, -0.2) is 24.5 Å². The van der Waals surface area contributed by atoms with E-state index in [0.717, 1.165) is 36.1 Å². The van der Waals surface area contributed by atoms with Crippen molar-refractivity contribution >= 4 is 23.2 Å². The minimum Gasteiger partial charge on any atom is -0.451 e. The van der Waals surface area contributed by atoms with Gasteiger partial charge in [-0.25, -0.2) is 4.79 Å². The Bertz CT molecular complexity index is 538. The van der Waals surface area contributed by atoms with Crippen molar-refractivity contribution < 1.29 is 14.3 Å². The van der Waals surface area contributed by atoms with Crippen LogP contribution in [0.4, 0.5) is 0 Å². The third kappa shape index (κ3) is 4.32. The molecular weight excluding hydrogens is 298 g/mol. The molecule has 1 aromatic heterocycles. The number of carbonyl (C=O) groups excluding carboxylic acids is 2. The summed E-state index contributed by atoms with van der Waals surface area (Å²) < 4.78 is 5.14. The fraction of sp³-hybridized carbons (Fsp3) is 0.647. The van der Waals surface area contributed by atoms with Gasteiger partial charge in [-0.1, -0.05) is 26.7 Å². The van der Waals surface area contributed by atoms with Gasteiger partial charge < -0.3 is 10.1 Å². The molecule has 0 saturated heterocycles. The summed E-state index contributed by atoms with van der Waals surface area (Å²) in [6, 6.07) is 2.08. The van der Waals surface area contributed by atoms with E-state index in [-0.39, 0.29) is 18.6 Å². The van der Waals surface area contributed by atoms with Gasteiger partial charge in [-0.05, 0) is 43.7 Å². The van der Waals surface area contributed by atoms with Crippen LogP contribution in [0.1, 0.15) is 59.6 Å². The summed E-state index contributed by atoms with van der Waals surface area (Å²) >= 11 is 1.43. The molecule has 2 atom stereocenters. The molecular formula is C17H25NO3S. The molecule has 1 fully saturated rings. The summed E-state index contributed by atoms with van der Waals surface area (Å²) in [5.74, 6) is -0.101. The van der Waals surface area contributed by atoms with Crippen LogP contribution < -0.4 is 5.32 Å². The lowest BCUT2D eigenvalue weighted by molar-refractivity contribution is -0.125. The van der Waals surface area contributed by atoms with Gasteiger partial charge in [0.2, 0.25) is 0 Å². The first-order valence-corrected chi connectivity index (χ1v) is 8.88. The highest BCUT2D eigenvalue weighted by molar-refractivity contribution is 7.14. The number of carbonyl (C=O) groups is 2. The quantitative estimate of drug-likeness (QED) is 0.844. The summed E-state index contributed by atoms with van der Waals surface area (Å²) in [5.41, 5.74) is 1.16. The molecule has 1 aliphatic carbocycles. The van der Waals surface area contributed by atoms with Gasteiger partial charge in [0.25, 0.3) is 5.91 Å². The number of nitrogens with one attached hydrogen (secondary N) is 1. The first kappa shape index (κ1) is 17.0. The van der Waals surface area contributed by atoms with Crippen molar-refractivity contribution in [3.63, 3.8) is 0 Å². The van der Waals surface area contributed by atoms with Crippen molar-refractivity contribution in [2.24, 2.45) is 5.92 Å². The molecule has 122 valence electrons. The van der Waals surface area contributed by atoms with Gasteiger partial charge in [0.05, 0.1) is 0 Å². The van der Waals surface area contributed by atoms with E-state index >= 15 is 0 Å². The van der Waals surface area contributed by atoms with Crippen LogP contribution in [-0.2, 0) is 16.0 Å².